The van der Waals surface area contributed by atoms with Gasteiger partial charge in [-0.15, -0.1) is 0 Å². The highest BCUT2D eigenvalue weighted by Gasteiger charge is 2.09. The zero-order valence-corrected chi connectivity index (χ0v) is 9.76. The van der Waals surface area contributed by atoms with E-state index in [1.807, 2.05) is 24.3 Å². The van der Waals surface area contributed by atoms with Crippen molar-refractivity contribution in [2.75, 3.05) is 5.73 Å². The molecule has 0 aromatic heterocycles. The number of carboxylic acid groups (broad SMARTS) is 1. The summed E-state index contributed by atoms with van der Waals surface area (Å²) in [4.78, 5) is 11.0. The predicted molar refractivity (Wildman–Crippen MR) is 71.1 cm³/mol. The van der Waals surface area contributed by atoms with Gasteiger partial charge in [0.05, 0.1) is 5.56 Å². The first-order valence-corrected chi connectivity index (χ1v) is 5.54. The molecule has 4 nitrogen and oxygen atoms in total. The molecule has 18 heavy (non-hydrogen) atoms. The van der Waals surface area contributed by atoms with Crippen molar-refractivity contribution in [3.8, 4) is 11.1 Å². The molecule has 0 saturated heterocycles. The zero-order valence-electron chi connectivity index (χ0n) is 9.76. The van der Waals surface area contributed by atoms with Crippen LogP contribution < -0.4 is 11.5 Å². The summed E-state index contributed by atoms with van der Waals surface area (Å²) < 4.78 is 0. The van der Waals surface area contributed by atoms with Crippen LogP contribution in [-0.4, -0.2) is 11.1 Å². The number of benzene rings is 2. The Morgan fingerprint density at radius 2 is 1.83 bits per heavy atom. The standard InChI is InChI=1S/C14H14N2O2/c15-8-9-2-1-3-10(6-9)11-4-5-13(16)12(7-11)14(17)18/h1-7H,8,15-16H2,(H,17,18). The van der Waals surface area contributed by atoms with Crippen LogP contribution in [0.15, 0.2) is 42.5 Å². The number of anilines is 1. The molecule has 0 aliphatic carbocycles. The van der Waals surface area contributed by atoms with Gasteiger partial charge in [0.1, 0.15) is 0 Å². The lowest BCUT2D eigenvalue weighted by Gasteiger charge is -2.07. The van der Waals surface area contributed by atoms with E-state index >= 15 is 0 Å². The van der Waals surface area contributed by atoms with Crippen LogP contribution in [0.5, 0.6) is 0 Å². The molecule has 92 valence electrons. The molecule has 0 spiro atoms. The number of hydrogen-bond donors (Lipinski definition) is 3. The van der Waals surface area contributed by atoms with Crippen molar-refractivity contribution >= 4 is 11.7 Å². The lowest BCUT2D eigenvalue weighted by molar-refractivity contribution is 0.0698. The fraction of sp³-hybridized carbons (Fsp3) is 0.0714. The van der Waals surface area contributed by atoms with Crippen LogP contribution >= 0.6 is 0 Å². The third kappa shape index (κ3) is 2.33. The number of rotatable bonds is 3. The maximum absolute atomic E-state index is 11.0. The van der Waals surface area contributed by atoms with E-state index in [0.717, 1.165) is 16.7 Å². The fourth-order valence-electron chi connectivity index (χ4n) is 1.80. The number of carbonyl (C=O) groups is 1. The van der Waals surface area contributed by atoms with Crippen molar-refractivity contribution < 1.29 is 9.90 Å². The first-order chi connectivity index (χ1) is 8.61. The summed E-state index contributed by atoms with van der Waals surface area (Å²) in [6.07, 6.45) is 0. The highest BCUT2D eigenvalue weighted by molar-refractivity contribution is 5.95. The van der Waals surface area contributed by atoms with Gasteiger partial charge in [0.15, 0.2) is 0 Å². The minimum absolute atomic E-state index is 0.116. The second-order valence-electron chi connectivity index (χ2n) is 4.01. The molecule has 2 aromatic carbocycles. The van der Waals surface area contributed by atoms with Gasteiger partial charge in [-0.05, 0) is 34.9 Å². The Labute approximate surface area is 105 Å². The smallest absolute Gasteiger partial charge is 0.337 e. The molecule has 0 radical (unpaired) electrons. The molecular weight excluding hydrogens is 228 g/mol. The molecule has 0 fully saturated rings. The van der Waals surface area contributed by atoms with Crippen molar-refractivity contribution in [2.24, 2.45) is 5.73 Å². The normalized spacial score (nSPS) is 10.3. The van der Waals surface area contributed by atoms with Gasteiger partial charge in [-0.25, -0.2) is 4.79 Å². The van der Waals surface area contributed by atoms with Gasteiger partial charge in [0.2, 0.25) is 0 Å². The van der Waals surface area contributed by atoms with E-state index in [0.29, 0.717) is 6.54 Å². The summed E-state index contributed by atoms with van der Waals surface area (Å²) in [5.41, 5.74) is 14.3. The number of nitrogen functional groups attached to an aromatic ring is 1. The van der Waals surface area contributed by atoms with Gasteiger partial charge in [-0.2, -0.15) is 0 Å². The monoisotopic (exact) mass is 242 g/mol. The van der Waals surface area contributed by atoms with Gasteiger partial charge < -0.3 is 16.6 Å². The van der Waals surface area contributed by atoms with Crippen LogP contribution in [0, 0.1) is 0 Å². The molecule has 0 bridgehead atoms. The van der Waals surface area contributed by atoms with Gasteiger partial charge in [0, 0.05) is 12.2 Å². The highest BCUT2D eigenvalue weighted by atomic mass is 16.4. The molecule has 0 amide bonds. The maximum atomic E-state index is 11.0. The quantitative estimate of drug-likeness (QED) is 0.719. The van der Waals surface area contributed by atoms with Crippen molar-refractivity contribution in [2.45, 2.75) is 6.54 Å². The summed E-state index contributed by atoms with van der Waals surface area (Å²) in [5, 5.41) is 9.04. The summed E-state index contributed by atoms with van der Waals surface area (Å²) in [6, 6.07) is 12.7. The largest absolute Gasteiger partial charge is 0.478 e. The minimum atomic E-state index is -1.02. The maximum Gasteiger partial charge on any atom is 0.337 e. The number of hydrogen-bond acceptors (Lipinski definition) is 3. The molecule has 4 heteroatoms. The minimum Gasteiger partial charge on any atom is -0.478 e. The van der Waals surface area contributed by atoms with E-state index in [1.54, 1.807) is 18.2 Å². The third-order valence-corrected chi connectivity index (χ3v) is 2.78. The van der Waals surface area contributed by atoms with Gasteiger partial charge in [-0.3, -0.25) is 0 Å². The second-order valence-corrected chi connectivity index (χ2v) is 4.01. The number of carboxylic acids is 1. The summed E-state index contributed by atoms with van der Waals surface area (Å²) in [6.45, 7) is 0.453. The number of nitrogens with two attached hydrogens (primary N) is 2. The van der Waals surface area contributed by atoms with E-state index in [9.17, 15) is 4.79 Å². The van der Waals surface area contributed by atoms with Crippen molar-refractivity contribution in [3.63, 3.8) is 0 Å². The third-order valence-electron chi connectivity index (χ3n) is 2.78. The summed E-state index contributed by atoms with van der Waals surface area (Å²) in [7, 11) is 0. The highest BCUT2D eigenvalue weighted by Crippen LogP contribution is 2.24. The molecule has 2 rings (SSSR count). The molecule has 0 heterocycles. The van der Waals surface area contributed by atoms with Crippen LogP contribution in [0.4, 0.5) is 5.69 Å². The van der Waals surface area contributed by atoms with Crippen LogP contribution in [0.2, 0.25) is 0 Å². The van der Waals surface area contributed by atoms with Gasteiger partial charge in [0.25, 0.3) is 0 Å². The van der Waals surface area contributed by atoms with Crippen LogP contribution in [-0.2, 0) is 6.54 Å². The Kier molecular flexibility index (Phi) is 3.30. The molecule has 2 aromatic rings. The fourth-order valence-corrected chi connectivity index (χ4v) is 1.80. The molecule has 0 aliphatic heterocycles. The van der Waals surface area contributed by atoms with Gasteiger partial charge >= 0.3 is 5.97 Å². The molecule has 0 atom stereocenters. The van der Waals surface area contributed by atoms with Crippen LogP contribution in [0.25, 0.3) is 11.1 Å². The lowest BCUT2D eigenvalue weighted by Crippen LogP contribution is -2.02. The van der Waals surface area contributed by atoms with Crippen LogP contribution in [0.3, 0.4) is 0 Å². The number of aromatic carboxylic acids is 1. The Bertz CT molecular complexity index is 594. The van der Waals surface area contributed by atoms with Crippen molar-refractivity contribution in [1.82, 2.24) is 0 Å². The SMILES string of the molecule is NCc1cccc(-c2ccc(N)c(C(=O)O)c2)c1. The average Bonchev–Trinajstić information content (AvgIpc) is 2.39. The molecule has 0 saturated carbocycles. The Morgan fingerprint density at radius 3 is 2.50 bits per heavy atom. The van der Waals surface area contributed by atoms with Gasteiger partial charge in [-0.1, -0.05) is 24.3 Å². The molecule has 5 N–H and O–H groups in total. The molecular formula is C14H14N2O2. The van der Waals surface area contributed by atoms with E-state index < -0.39 is 5.97 Å². The molecule has 0 unspecified atom stereocenters. The summed E-state index contributed by atoms with van der Waals surface area (Å²) in [5.74, 6) is -1.02. The predicted octanol–water partition coefficient (Wildman–Crippen LogP) is 2.09. The van der Waals surface area contributed by atoms with E-state index in [-0.39, 0.29) is 11.3 Å². The lowest BCUT2D eigenvalue weighted by atomic mass is 10.00. The first-order valence-electron chi connectivity index (χ1n) is 5.54. The van der Waals surface area contributed by atoms with Crippen molar-refractivity contribution in [3.05, 3.63) is 53.6 Å². The summed E-state index contributed by atoms with van der Waals surface area (Å²) >= 11 is 0. The topological polar surface area (TPSA) is 89.3 Å². The zero-order chi connectivity index (χ0) is 13.1. The first kappa shape index (κ1) is 12.1. The Morgan fingerprint density at radius 1 is 1.11 bits per heavy atom. The Hall–Kier alpha value is -2.33. The van der Waals surface area contributed by atoms with E-state index in [2.05, 4.69) is 0 Å². The Balaban J connectivity index is 2.50. The van der Waals surface area contributed by atoms with Crippen LogP contribution in [0.1, 0.15) is 15.9 Å². The molecule has 0 aliphatic rings. The van der Waals surface area contributed by atoms with E-state index in [1.165, 1.54) is 0 Å². The van der Waals surface area contributed by atoms with Crippen molar-refractivity contribution in [1.29, 1.82) is 0 Å². The van der Waals surface area contributed by atoms with E-state index in [4.69, 9.17) is 16.6 Å². The average molecular weight is 242 g/mol. The second kappa shape index (κ2) is 4.89.